The summed E-state index contributed by atoms with van der Waals surface area (Å²) in [7, 11) is 4.01. The van der Waals surface area contributed by atoms with E-state index in [-0.39, 0.29) is 37.7 Å². The zero-order valence-corrected chi connectivity index (χ0v) is 10.9. The molecular weight excluding hydrogens is 255 g/mol. The fraction of sp³-hybridized carbons (Fsp3) is 0.750. The average Bonchev–Trinajstić information content (AvgIpc) is 2.28. The number of methoxy groups -OCH3 is 3. The minimum absolute atomic E-state index is 0. The first-order chi connectivity index (χ1) is 7.13. The van der Waals surface area contributed by atoms with Crippen molar-refractivity contribution in [3.05, 3.63) is 0 Å². The quantitative estimate of drug-likeness (QED) is 0.717. The van der Waals surface area contributed by atoms with Gasteiger partial charge in [0.1, 0.15) is 0 Å². The van der Waals surface area contributed by atoms with E-state index in [1.54, 1.807) is 0 Å². The van der Waals surface area contributed by atoms with Crippen molar-refractivity contribution in [2.24, 2.45) is 0 Å². The molecule has 1 radical (unpaired) electrons. The minimum Gasteiger partial charge on any atom is -0.453 e. The zero-order chi connectivity index (χ0) is 11.7. The molecule has 0 aliphatic heterocycles. The number of hydrogen-bond acceptors (Lipinski definition) is 5. The molecule has 2 amide bonds. The molecule has 0 heterocycles. The Balaban J connectivity index is 0. The molecular formula is C8H16N2O5V. The molecule has 0 aromatic carbocycles. The molecule has 7 nitrogen and oxygen atoms in total. The second-order valence-corrected chi connectivity index (χ2v) is 2.60. The zero-order valence-electron chi connectivity index (χ0n) is 9.48. The Morgan fingerprint density at radius 3 is 1.62 bits per heavy atom. The fourth-order valence-corrected chi connectivity index (χ4v) is 0.778. The van der Waals surface area contributed by atoms with Crippen molar-refractivity contribution in [1.29, 1.82) is 0 Å². The summed E-state index contributed by atoms with van der Waals surface area (Å²) in [4.78, 5) is 21.5. The van der Waals surface area contributed by atoms with Gasteiger partial charge >= 0.3 is 12.2 Å². The second kappa shape index (κ2) is 10.6. The van der Waals surface area contributed by atoms with Crippen molar-refractivity contribution >= 4 is 12.2 Å². The fourth-order valence-electron chi connectivity index (χ4n) is 0.778. The number of ether oxygens (including phenoxy) is 3. The first-order valence-corrected chi connectivity index (χ1v) is 4.30. The van der Waals surface area contributed by atoms with Crippen molar-refractivity contribution in [1.82, 2.24) is 10.6 Å². The minimum atomic E-state index is -0.546. The Morgan fingerprint density at radius 1 is 1.00 bits per heavy atom. The summed E-state index contributed by atoms with van der Waals surface area (Å²) < 4.78 is 13.7. The summed E-state index contributed by atoms with van der Waals surface area (Å²) in [6.45, 7) is 0.486. The topological polar surface area (TPSA) is 85.9 Å². The predicted octanol–water partition coefficient (Wildman–Crippen LogP) is -0.289. The first-order valence-electron chi connectivity index (χ1n) is 4.30. The molecule has 0 bridgehead atoms. The van der Waals surface area contributed by atoms with Crippen LogP contribution < -0.4 is 10.6 Å². The Morgan fingerprint density at radius 2 is 1.38 bits per heavy atom. The van der Waals surface area contributed by atoms with Gasteiger partial charge in [-0.15, -0.1) is 0 Å². The van der Waals surface area contributed by atoms with Gasteiger partial charge in [0, 0.05) is 38.8 Å². The van der Waals surface area contributed by atoms with Crippen LogP contribution in [0.5, 0.6) is 0 Å². The molecule has 8 heteroatoms. The molecule has 0 atom stereocenters. The smallest absolute Gasteiger partial charge is 0.406 e. The van der Waals surface area contributed by atoms with Crippen molar-refractivity contribution < 1.29 is 42.4 Å². The van der Waals surface area contributed by atoms with Gasteiger partial charge in [0.25, 0.3) is 0 Å². The summed E-state index contributed by atoms with van der Waals surface area (Å²) in [5.74, 6) is 0. The van der Waals surface area contributed by atoms with Gasteiger partial charge in [-0.3, -0.25) is 0 Å². The number of alkyl carbamates (subject to hydrolysis) is 2. The van der Waals surface area contributed by atoms with Crippen LogP contribution >= 0.6 is 0 Å². The number of rotatable bonds is 5. The SMILES string of the molecule is COC(=O)NCC(CNC(=O)OC)OC.[V]. The molecule has 0 aromatic rings. The summed E-state index contributed by atoms with van der Waals surface area (Å²) in [5, 5.41) is 4.89. The predicted molar refractivity (Wildman–Crippen MR) is 51.6 cm³/mol. The van der Waals surface area contributed by atoms with E-state index in [4.69, 9.17) is 4.74 Å². The van der Waals surface area contributed by atoms with E-state index >= 15 is 0 Å². The van der Waals surface area contributed by atoms with E-state index in [1.165, 1.54) is 21.3 Å². The van der Waals surface area contributed by atoms with Crippen LogP contribution in [0.1, 0.15) is 0 Å². The molecule has 0 unspecified atom stereocenters. The molecule has 0 aliphatic carbocycles. The third-order valence-electron chi connectivity index (χ3n) is 1.65. The number of nitrogens with one attached hydrogen (secondary N) is 2. The first kappa shape index (κ1) is 17.5. The molecule has 2 N–H and O–H groups in total. The second-order valence-electron chi connectivity index (χ2n) is 2.60. The van der Waals surface area contributed by atoms with Crippen molar-refractivity contribution in [3.8, 4) is 0 Å². The monoisotopic (exact) mass is 271 g/mol. The number of amides is 2. The van der Waals surface area contributed by atoms with Crippen molar-refractivity contribution in [2.75, 3.05) is 34.4 Å². The van der Waals surface area contributed by atoms with Crippen LogP contribution in [0.2, 0.25) is 0 Å². The van der Waals surface area contributed by atoms with E-state index in [9.17, 15) is 9.59 Å². The molecule has 0 spiro atoms. The molecule has 16 heavy (non-hydrogen) atoms. The van der Waals surface area contributed by atoms with E-state index in [1.807, 2.05) is 0 Å². The largest absolute Gasteiger partial charge is 0.453 e. The maximum Gasteiger partial charge on any atom is 0.406 e. The average molecular weight is 271 g/mol. The van der Waals surface area contributed by atoms with Crippen molar-refractivity contribution in [3.63, 3.8) is 0 Å². The summed E-state index contributed by atoms with van der Waals surface area (Å²) in [6, 6.07) is 0. The van der Waals surface area contributed by atoms with Crippen molar-refractivity contribution in [2.45, 2.75) is 6.10 Å². The Bertz CT molecular complexity index is 195. The number of carbonyl (C=O) groups excluding carboxylic acids is 2. The Hall–Kier alpha value is -0.916. The van der Waals surface area contributed by atoms with Crippen LogP contribution in [0.4, 0.5) is 9.59 Å². The van der Waals surface area contributed by atoms with Gasteiger partial charge in [0.15, 0.2) is 0 Å². The molecule has 0 fully saturated rings. The third-order valence-corrected chi connectivity index (χ3v) is 1.65. The summed E-state index contributed by atoms with van der Waals surface area (Å²) >= 11 is 0. The van der Waals surface area contributed by atoms with Crippen LogP contribution in [0.25, 0.3) is 0 Å². The molecule has 0 saturated heterocycles. The van der Waals surface area contributed by atoms with Gasteiger partial charge in [-0.1, -0.05) is 0 Å². The molecule has 0 rings (SSSR count). The summed E-state index contributed by atoms with van der Waals surface area (Å²) in [6.07, 6.45) is -1.42. The molecule has 0 aliphatic rings. The number of carbonyl (C=O) groups is 2. The normalized spacial score (nSPS) is 9.00. The van der Waals surface area contributed by atoms with Crippen LogP contribution in [0.15, 0.2) is 0 Å². The van der Waals surface area contributed by atoms with Gasteiger partial charge in [-0.25, -0.2) is 9.59 Å². The van der Waals surface area contributed by atoms with Gasteiger partial charge in [0.2, 0.25) is 0 Å². The number of hydrogen-bond donors (Lipinski definition) is 2. The van der Waals surface area contributed by atoms with Crippen LogP contribution in [-0.2, 0) is 32.8 Å². The Kier molecular flexibility index (Phi) is 11.6. The van der Waals surface area contributed by atoms with E-state index < -0.39 is 12.2 Å². The van der Waals surface area contributed by atoms with Gasteiger partial charge in [-0.2, -0.15) is 0 Å². The van der Waals surface area contributed by atoms with Crippen LogP contribution in [0, 0.1) is 0 Å². The van der Waals surface area contributed by atoms with E-state index in [0.29, 0.717) is 0 Å². The summed E-state index contributed by atoms with van der Waals surface area (Å²) in [5.41, 5.74) is 0. The maximum atomic E-state index is 10.7. The van der Waals surface area contributed by atoms with Gasteiger partial charge in [-0.05, 0) is 0 Å². The third kappa shape index (κ3) is 8.40. The van der Waals surface area contributed by atoms with E-state index in [0.717, 1.165) is 0 Å². The standard InChI is InChI=1S/C8H16N2O5.V/c1-13-6(4-9-7(11)14-2)5-10-8(12)15-3;/h6H,4-5H2,1-3H3,(H,9,11)(H,10,12);. The maximum absolute atomic E-state index is 10.7. The Labute approximate surface area is 106 Å². The van der Waals surface area contributed by atoms with E-state index in [2.05, 4.69) is 20.1 Å². The van der Waals surface area contributed by atoms with Crippen LogP contribution in [0.3, 0.4) is 0 Å². The van der Waals surface area contributed by atoms with Crippen LogP contribution in [-0.4, -0.2) is 52.7 Å². The van der Waals surface area contributed by atoms with Gasteiger partial charge < -0.3 is 24.8 Å². The molecule has 0 saturated carbocycles. The molecule has 0 aromatic heterocycles. The van der Waals surface area contributed by atoms with Gasteiger partial charge in [0.05, 0.1) is 20.3 Å². The molecule has 93 valence electrons.